The van der Waals surface area contributed by atoms with Crippen LogP contribution in [0.2, 0.25) is 0 Å². The van der Waals surface area contributed by atoms with Gasteiger partial charge in [-0.2, -0.15) is 5.10 Å². The minimum Gasteiger partial charge on any atom is -0.350 e. The molecule has 1 unspecified atom stereocenters. The SMILES string of the molecule is C/C=C\C=C(/CC)C1CN(C(N)=O)N=C1C(C)(C)CC. The summed E-state index contributed by atoms with van der Waals surface area (Å²) in [6.45, 7) is 11.2. The first-order chi connectivity index (χ1) is 9.37. The first kappa shape index (κ1) is 16.5. The molecule has 0 spiro atoms. The Morgan fingerprint density at radius 3 is 2.60 bits per heavy atom. The molecular weight excluding hydrogens is 250 g/mol. The summed E-state index contributed by atoms with van der Waals surface area (Å²) in [5.41, 5.74) is 7.73. The lowest BCUT2D eigenvalue weighted by molar-refractivity contribution is 0.212. The van der Waals surface area contributed by atoms with Crippen molar-refractivity contribution in [3.8, 4) is 0 Å². The summed E-state index contributed by atoms with van der Waals surface area (Å²) in [4.78, 5) is 11.4. The minimum atomic E-state index is -0.474. The summed E-state index contributed by atoms with van der Waals surface area (Å²) in [6.07, 6.45) is 8.12. The number of hydrogen-bond acceptors (Lipinski definition) is 2. The number of hydrazone groups is 1. The van der Waals surface area contributed by atoms with Gasteiger partial charge in [-0.15, -0.1) is 0 Å². The molecule has 0 bridgehead atoms. The van der Waals surface area contributed by atoms with E-state index >= 15 is 0 Å². The summed E-state index contributed by atoms with van der Waals surface area (Å²) >= 11 is 0. The van der Waals surface area contributed by atoms with Gasteiger partial charge in [0.15, 0.2) is 0 Å². The van der Waals surface area contributed by atoms with E-state index in [0.717, 1.165) is 18.6 Å². The molecule has 0 aromatic carbocycles. The third-order valence-electron chi connectivity index (χ3n) is 4.10. The summed E-state index contributed by atoms with van der Waals surface area (Å²) < 4.78 is 0. The van der Waals surface area contributed by atoms with Crippen molar-refractivity contribution in [3.05, 3.63) is 23.8 Å². The van der Waals surface area contributed by atoms with Crippen LogP contribution in [0, 0.1) is 11.3 Å². The van der Waals surface area contributed by atoms with E-state index in [1.165, 1.54) is 10.6 Å². The molecule has 4 nitrogen and oxygen atoms in total. The highest BCUT2D eigenvalue weighted by Gasteiger charge is 2.38. The fourth-order valence-corrected chi connectivity index (χ4v) is 2.42. The molecule has 2 N–H and O–H groups in total. The molecule has 4 heteroatoms. The zero-order chi connectivity index (χ0) is 15.3. The number of amides is 2. The molecule has 0 aromatic heterocycles. The number of hydrogen-bond donors (Lipinski definition) is 1. The fraction of sp³-hybridized carbons (Fsp3) is 0.625. The average molecular weight is 277 g/mol. The van der Waals surface area contributed by atoms with Crippen LogP contribution in [-0.2, 0) is 0 Å². The minimum absolute atomic E-state index is 0.0287. The van der Waals surface area contributed by atoms with Gasteiger partial charge in [0, 0.05) is 11.3 Å². The zero-order valence-corrected chi connectivity index (χ0v) is 13.3. The normalized spacial score (nSPS) is 20.6. The number of primary amides is 1. The predicted molar refractivity (Wildman–Crippen MR) is 84.5 cm³/mol. The maximum absolute atomic E-state index is 11.4. The van der Waals surface area contributed by atoms with Crippen LogP contribution in [0.1, 0.15) is 47.5 Å². The first-order valence-corrected chi connectivity index (χ1v) is 7.35. The maximum Gasteiger partial charge on any atom is 0.335 e. The van der Waals surface area contributed by atoms with Gasteiger partial charge >= 0.3 is 6.03 Å². The van der Waals surface area contributed by atoms with E-state index in [1.807, 2.05) is 19.1 Å². The largest absolute Gasteiger partial charge is 0.350 e. The molecule has 0 saturated carbocycles. The standard InChI is InChI=1S/C16H27N3O/c1-6-9-10-12(7-2)13-11-19(15(17)20)18-14(13)16(4,5)8-3/h6,9-10,13H,7-8,11H2,1-5H3,(H2,17,20)/b9-6-,12-10+. The number of nitrogens with two attached hydrogens (primary N) is 1. The second kappa shape index (κ2) is 6.73. The van der Waals surface area contributed by atoms with Crippen molar-refractivity contribution in [1.82, 2.24) is 5.01 Å². The number of rotatable bonds is 5. The monoisotopic (exact) mass is 277 g/mol. The number of urea groups is 1. The molecule has 20 heavy (non-hydrogen) atoms. The Hall–Kier alpha value is -1.58. The van der Waals surface area contributed by atoms with Crippen molar-refractivity contribution >= 4 is 11.7 Å². The second-order valence-electron chi connectivity index (χ2n) is 5.82. The first-order valence-electron chi connectivity index (χ1n) is 7.35. The Balaban J connectivity index is 3.17. The lowest BCUT2D eigenvalue weighted by Crippen LogP contribution is -2.33. The lowest BCUT2D eigenvalue weighted by atomic mass is 9.76. The number of allylic oxidation sites excluding steroid dienone is 3. The van der Waals surface area contributed by atoms with Gasteiger partial charge in [0.2, 0.25) is 0 Å². The van der Waals surface area contributed by atoms with Crippen molar-refractivity contribution in [2.24, 2.45) is 22.2 Å². The Morgan fingerprint density at radius 1 is 1.50 bits per heavy atom. The van der Waals surface area contributed by atoms with Crippen LogP contribution < -0.4 is 5.73 Å². The molecule has 0 radical (unpaired) electrons. The third kappa shape index (κ3) is 3.50. The summed E-state index contributed by atoms with van der Waals surface area (Å²) in [7, 11) is 0. The Morgan fingerprint density at radius 2 is 2.15 bits per heavy atom. The number of carbonyl (C=O) groups is 1. The predicted octanol–water partition coefficient (Wildman–Crippen LogP) is 3.70. The van der Waals surface area contributed by atoms with E-state index in [2.05, 4.69) is 38.9 Å². The van der Waals surface area contributed by atoms with E-state index in [0.29, 0.717) is 6.54 Å². The van der Waals surface area contributed by atoms with Gasteiger partial charge in [0.1, 0.15) is 0 Å². The number of nitrogens with zero attached hydrogens (tertiary/aromatic N) is 2. The fourth-order valence-electron chi connectivity index (χ4n) is 2.42. The Bertz CT molecular complexity index is 447. The maximum atomic E-state index is 11.4. The Labute approximate surface area is 122 Å². The molecule has 0 fully saturated rings. The van der Waals surface area contributed by atoms with Crippen molar-refractivity contribution in [2.45, 2.75) is 47.5 Å². The molecule has 112 valence electrons. The van der Waals surface area contributed by atoms with E-state index in [9.17, 15) is 4.79 Å². The van der Waals surface area contributed by atoms with Gasteiger partial charge in [-0.1, -0.05) is 51.5 Å². The Kier molecular flexibility index (Phi) is 5.54. The van der Waals surface area contributed by atoms with Gasteiger partial charge in [-0.3, -0.25) is 0 Å². The summed E-state index contributed by atoms with van der Waals surface area (Å²) in [6, 6.07) is -0.474. The van der Waals surface area contributed by atoms with Crippen LogP contribution in [0.3, 0.4) is 0 Å². The third-order valence-corrected chi connectivity index (χ3v) is 4.10. The van der Waals surface area contributed by atoms with Crippen molar-refractivity contribution < 1.29 is 4.79 Å². The molecule has 0 aliphatic carbocycles. The molecule has 1 aliphatic heterocycles. The molecule has 0 aromatic rings. The second-order valence-corrected chi connectivity index (χ2v) is 5.82. The van der Waals surface area contributed by atoms with Crippen LogP contribution >= 0.6 is 0 Å². The summed E-state index contributed by atoms with van der Waals surface area (Å²) in [5.74, 6) is 0.179. The van der Waals surface area contributed by atoms with E-state index in [4.69, 9.17) is 5.73 Å². The van der Waals surface area contributed by atoms with Crippen LogP contribution in [0.15, 0.2) is 28.9 Å². The van der Waals surface area contributed by atoms with E-state index in [-0.39, 0.29) is 11.3 Å². The molecule has 1 atom stereocenters. The molecule has 0 saturated heterocycles. The number of carbonyl (C=O) groups excluding carboxylic acids is 1. The van der Waals surface area contributed by atoms with Crippen LogP contribution in [0.4, 0.5) is 4.79 Å². The van der Waals surface area contributed by atoms with Crippen LogP contribution in [-0.4, -0.2) is 23.3 Å². The van der Waals surface area contributed by atoms with E-state index in [1.54, 1.807) is 0 Å². The zero-order valence-electron chi connectivity index (χ0n) is 13.3. The van der Waals surface area contributed by atoms with Crippen LogP contribution in [0.5, 0.6) is 0 Å². The smallest absolute Gasteiger partial charge is 0.335 e. The molecule has 1 heterocycles. The van der Waals surface area contributed by atoms with E-state index < -0.39 is 6.03 Å². The molecule has 1 aliphatic rings. The summed E-state index contributed by atoms with van der Waals surface area (Å²) in [5, 5.41) is 5.90. The van der Waals surface area contributed by atoms with Gasteiger partial charge in [0.25, 0.3) is 0 Å². The molecular formula is C16H27N3O. The van der Waals surface area contributed by atoms with Crippen molar-refractivity contribution in [1.29, 1.82) is 0 Å². The highest BCUT2D eigenvalue weighted by Crippen LogP contribution is 2.35. The van der Waals surface area contributed by atoms with Gasteiger partial charge in [0.05, 0.1) is 12.3 Å². The lowest BCUT2D eigenvalue weighted by Gasteiger charge is -2.27. The average Bonchev–Trinajstić information content (AvgIpc) is 2.86. The quantitative estimate of drug-likeness (QED) is 0.765. The van der Waals surface area contributed by atoms with Crippen molar-refractivity contribution in [2.75, 3.05) is 6.54 Å². The topological polar surface area (TPSA) is 58.7 Å². The highest BCUT2D eigenvalue weighted by atomic mass is 16.2. The van der Waals surface area contributed by atoms with Gasteiger partial charge in [-0.25, -0.2) is 9.80 Å². The molecule has 2 amide bonds. The van der Waals surface area contributed by atoms with Crippen molar-refractivity contribution in [3.63, 3.8) is 0 Å². The highest BCUT2D eigenvalue weighted by molar-refractivity contribution is 5.96. The molecule has 1 rings (SSSR count). The van der Waals surface area contributed by atoms with Crippen LogP contribution in [0.25, 0.3) is 0 Å². The van der Waals surface area contributed by atoms with Gasteiger partial charge in [-0.05, 0) is 19.8 Å². The van der Waals surface area contributed by atoms with Gasteiger partial charge < -0.3 is 5.73 Å².